The molecule has 30 heavy (non-hydrogen) atoms. The summed E-state index contributed by atoms with van der Waals surface area (Å²) in [7, 11) is 0. The summed E-state index contributed by atoms with van der Waals surface area (Å²) in [6.07, 6.45) is 7.33. The zero-order chi connectivity index (χ0) is 21.2. The molecule has 3 amide bonds. The summed E-state index contributed by atoms with van der Waals surface area (Å²) in [4.78, 5) is 38.5. The third kappa shape index (κ3) is 7.04. The lowest BCUT2D eigenvalue weighted by atomic mass is 9.95. The highest BCUT2D eigenvalue weighted by atomic mass is 16.5. The van der Waals surface area contributed by atoms with Crippen molar-refractivity contribution in [1.29, 1.82) is 0 Å². The number of carbonyl (C=O) groups excluding carboxylic acids is 3. The number of benzene rings is 1. The number of hydrogen-bond donors (Lipinski definition) is 2. The van der Waals surface area contributed by atoms with Crippen LogP contribution in [0.4, 0.5) is 0 Å². The molecular formula is C23H33N3O4. The fraction of sp³-hybridized carbons (Fsp3) is 0.609. The summed E-state index contributed by atoms with van der Waals surface area (Å²) in [5.41, 5.74) is 0. The molecule has 1 aliphatic heterocycles. The third-order valence-electron chi connectivity index (χ3n) is 5.95. The van der Waals surface area contributed by atoms with Gasteiger partial charge in [0.15, 0.2) is 6.61 Å². The van der Waals surface area contributed by atoms with Gasteiger partial charge in [0.25, 0.3) is 5.91 Å². The van der Waals surface area contributed by atoms with Crippen molar-refractivity contribution in [2.75, 3.05) is 26.2 Å². The van der Waals surface area contributed by atoms with E-state index in [0.29, 0.717) is 50.7 Å². The third-order valence-corrected chi connectivity index (χ3v) is 5.95. The number of piperidine rings is 1. The molecule has 0 atom stereocenters. The normalized spacial score (nSPS) is 17.9. The van der Waals surface area contributed by atoms with Gasteiger partial charge in [0, 0.05) is 38.0 Å². The Kier molecular flexibility index (Phi) is 8.53. The number of ether oxygens (including phenoxy) is 1. The zero-order valence-electron chi connectivity index (χ0n) is 17.6. The lowest BCUT2D eigenvalue weighted by molar-refractivity contribution is -0.137. The summed E-state index contributed by atoms with van der Waals surface area (Å²) in [5, 5.41) is 5.95. The van der Waals surface area contributed by atoms with Gasteiger partial charge in [0.2, 0.25) is 11.8 Å². The van der Waals surface area contributed by atoms with Crippen LogP contribution in [0.1, 0.15) is 51.4 Å². The van der Waals surface area contributed by atoms with E-state index in [1.165, 1.54) is 19.3 Å². The number of likely N-dealkylation sites (tertiary alicyclic amines) is 1. The molecule has 2 N–H and O–H groups in total. The lowest BCUT2D eigenvalue weighted by Gasteiger charge is -2.31. The summed E-state index contributed by atoms with van der Waals surface area (Å²) in [6.45, 7) is 1.48. The molecule has 1 heterocycles. The molecular weight excluding hydrogens is 382 g/mol. The first-order valence-electron chi connectivity index (χ1n) is 11.1. The Morgan fingerprint density at radius 3 is 2.37 bits per heavy atom. The first kappa shape index (κ1) is 22.1. The first-order valence-corrected chi connectivity index (χ1v) is 11.1. The Balaban J connectivity index is 1.29. The number of nitrogens with zero attached hydrogens (tertiary/aromatic N) is 1. The summed E-state index contributed by atoms with van der Waals surface area (Å²) in [5.74, 6) is 0.504. The summed E-state index contributed by atoms with van der Waals surface area (Å²) >= 11 is 0. The quantitative estimate of drug-likeness (QED) is 0.682. The van der Waals surface area contributed by atoms with Crippen molar-refractivity contribution in [3.05, 3.63) is 30.3 Å². The Hall–Kier alpha value is -2.57. The molecule has 0 radical (unpaired) electrons. The van der Waals surface area contributed by atoms with Gasteiger partial charge in [0.1, 0.15) is 5.75 Å². The maximum absolute atomic E-state index is 12.4. The van der Waals surface area contributed by atoms with Crippen molar-refractivity contribution < 1.29 is 19.1 Å². The van der Waals surface area contributed by atoms with Crippen LogP contribution >= 0.6 is 0 Å². The van der Waals surface area contributed by atoms with Crippen LogP contribution in [-0.2, 0) is 14.4 Å². The minimum atomic E-state index is -0.106. The maximum Gasteiger partial charge on any atom is 0.260 e. The average Bonchev–Trinajstić information content (AvgIpc) is 2.79. The van der Waals surface area contributed by atoms with Crippen molar-refractivity contribution in [2.45, 2.75) is 57.4 Å². The Morgan fingerprint density at radius 2 is 1.67 bits per heavy atom. The van der Waals surface area contributed by atoms with Crippen molar-refractivity contribution in [3.63, 3.8) is 0 Å². The van der Waals surface area contributed by atoms with Crippen LogP contribution in [0, 0.1) is 5.92 Å². The second-order valence-electron chi connectivity index (χ2n) is 8.20. The second-order valence-corrected chi connectivity index (χ2v) is 8.20. The fourth-order valence-corrected chi connectivity index (χ4v) is 4.13. The minimum absolute atomic E-state index is 0.0109. The van der Waals surface area contributed by atoms with E-state index in [0.717, 1.165) is 12.8 Å². The number of para-hydroxylation sites is 1. The standard InChI is InChI=1S/C23H33N3O4/c27-21(25-19-7-3-1-4-8-19)11-14-24-23(29)18-12-15-26(16-13-18)22(28)17-30-20-9-5-2-6-10-20/h2,5-6,9-10,18-19H,1,3-4,7-8,11-17H2,(H,24,29)(H,25,27). The van der Waals surface area contributed by atoms with Crippen LogP contribution in [-0.4, -0.2) is 54.9 Å². The van der Waals surface area contributed by atoms with Crippen LogP contribution in [0.5, 0.6) is 5.75 Å². The van der Waals surface area contributed by atoms with Crippen molar-refractivity contribution in [3.8, 4) is 5.75 Å². The molecule has 1 aliphatic carbocycles. The summed E-state index contributed by atoms with van der Waals surface area (Å²) < 4.78 is 5.52. The smallest absolute Gasteiger partial charge is 0.260 e. The van der Waals surface area contributed by atoms with E-state index in [2.05, 4.69) is 10.6 Å². The molecule has 0 aromatic heterocycles. The van der Waals surface area contributed by atoms with Crippen molar-refractivity contribution in [2.24, 2.45) is 5.92 Å². The monoisotopic (exact) mass is 415 g/mol. The minimum Gasteiger partial charge on any atom is -0.484 e. The Labute approximate surface area is 178 Å². The van der Waals surface area contributed by atoms with Gasteiger partial charge < -0.3 is 20.3 Å². The van der Waals surface area contributed by atoms with Crippen molar-refractivity contribution in [1.82, 2.24) is 15.5 Å². The molecule has 1 saturated heterocycles. The van der Waals surface area contributed by atoms with E-state index in [9.17, 15) is 14.4 Å². The van der Waals surface area contributed by atoms with Crippen LogP contribution in [0.3, 0.4) is 0 Å². The van der Waals surface area contributed by atoms with Gasteiger partial charge in [0.05, 0.1) is 0 Å². The van der Waals surface area contributed by atoms with E-state index in [-0.39, 0.29) is 30.2 Å². The Morgan fingerprint density at radius 1 is 0.967 bits per heavy atom. The largest absolute Gasteiger partial charge is 0.484 e. The number of amides is 3. The van der Waals surface area contributed by atoms with Crippen LogP contribution in [0.15, 0.2) is 30.3 Å². The Bertz CT molecular complexity index is 696. The molecule has 3 rings (SSSR count). The van der Waals surface area contributed by atoms with Crippen LogP contribution in [0.25, 0.3) is 0 Å². The molecule has 7 nitrogen and oxygen atoms in total. The first-order chi connectivity index (χ1) is 14.6. The SMILES string of the molecule is O=C(CCNC(=O)C1CCN(C(=O)COc2ccccc2)CC1)NC1CCCCC1. The highest BCUT2D eigenvalue weighted by Crippen LogP contribution is 2.19. The highest BCUT2D eigenvalue weighted by Gasteiger charge is 2.27. The van der Waals surface area contributed by atoms with Gasteiger partial charge in [-0.15, -0.1) is 0 Å². The molecule has 164 valence electrons. The molecule has 2 fully saturated rings. The molecule has 1 aromatic rings. The predicted octanol–water partition coefficient (Wildman–Crippen LogP) is 2.26. The van der Waals surface area contributed by atoms with Gasteiger partial charge in [-0.3, -0.25) is 14.4 Å². The maximum atomic E-state index is 12.4. The molecule has 0 bridgehead atoms. The van der Waals surface area contributed by atoms with Gasteiger partial charge >= 0.3 is 0 Å². The molecule has 0 unspecified atom stereocenters. The fourth-order valence-electron chi connectivity index (χ4n) is 4.13. The topological polar surface area (TPSA) is 87.7 Å². The van der Waals surface area contributed by atoms with E-state index < -0.39 is 0 Å². The van der Waals surface area contributed by atoms with Crippen molar-refractivity contribution >= 4 is 17.7 Å². The molecule has 7 heteroatoms. The second kappa shape index (κ2) is 11.6. The molecule has 1 aromatic carbocycles. The average molecular weight is 416 g/mol. The van der Waals surface area contributed by atoms with Gasteiger partial charge in [-0.25, -0.2) is 0 Å². The van der Waals surface area contributed by atoms with E-state index >= 15 is 0 Å². The van der Waals surface area contributed by atoms with Gasteiger partial charge in [-0.1, -0.05) is 37.5 Å². The van der Waals surface area contributed by atoms with E-state index in [1.54, 1.807) is 4.90 Å². The molecule has 2 aliphatic rings. The lowest BCUT2D eigenvalue weighted by Crippen LogP contribution is -2.45. The number of carbonyl (C=O) groups is 3. The highest BCUT2D eigenvalue weighted by molar-refractivity contribution is 5.81. The van der Waals surface area contributed by atoms with Gasteiger partial charge in [-0.05, 0) is 37.8 Å². The number of rotatable bonds is 8. The number of nitrogens with one attached hydrogen (secondary N) is 2. The van der Waals surface area contributed by atoms with Gasteiger partial charge in [-0.2, -0.15) is 0 Å². The van der Waals surface area contributed by atoms with E-state index in [1.807, 2.05) is 30.3 Å². The zero-order valence-corrected chi connectivity index (χ0v) is 17.6. The van der Waals surface area contributed by atoms with Crippen LogP contribution in [0.2, 0.25) is 0 Å². The van der Waals surface area contributed by atoms with E-state index in [4.69, 9.17) is 4.74 Å². The molecule has 0 spiro atoms. The predicted molar refractivity (Wildman–Crippen MR) is 114 cm³/mol. The number of hydrogen-bond acceptors (Lipinski definition) is 4. The summed E-state index contributed by atoms with van der Waals surface area (Å²) in [6, 6.07) is 9.56. The molecule has 1 saturated carbocycles. The van der Waals surface area contributed by atoms with Crippen LogP contribution < -0.4 is 15.4 Å².